The van der Waals surface area contributed by atoms with Crippen molar-refractivity contribution < 1.29 is 4.74 Å². The van der Waals surface area contributed by atoms with E-state index in [0.717, 1.165) is 16.5 Å². The summed E-state index contributed by atoms with van der Waals surface area (Å²) in [4.78, 5) is 22.7. The Morgan fingerprint density at radius 3 is 2.95 bits per heavy atom. The van der Waals surface area contributed by atoms with Gasteiger partial charge in [0.05, 0.1) is 6.61 Å². The van der Waals surface area contributed by atoms with E-state index in [4.69, 9.17) is 4.74 Å². The molecule has 0 unspecified atom stereocenters. The number of H-pyrrole nitrogens is 1. The number of pyridine rings is 1. The van der Waals surface area contributed by atoms with Gasteiger partial charge in [0.2, 0.25) is 11.4 Å². The molecule has 1 aromatic carbocycles. The Balaban J connectivity index is 1.85. The Morgan fingerprint density at radius 1 is 1.23 bits per heavy atom. The molecule has 22 heavy (non-hydrogen) atoms. The van der Waals surface area contributed by atoms with Crippen molar-refractivity contribution in [2.45, 2.75) is 13.5 Å². The molecule has 0 saturated heterocycles. The lowest BCUT2D eigenvalue weighted by Crippen LogP contribution is -2.10. The maximum absolute atomic E-state index is 11.7. The first kappa shape index (κ1) is 14.1. The number of hydrogen-bond acceptors (Lipinski definition) is 5. The lowest BCUT2D eigenvalue weighted by Gasteiger charge is -2.09. The van der Waals surface area contributed by atoms with Crippen molar-refractivity contribution in [1.82, 2.24) is 15.0 Å². The maximum Gasteiger partial charge on any atom is 0.248 e. The molecule has 0 spiro atoms. The number of fused-ring (bicyclic) bond motifs is 1. The molecule has 112 valence electrons. The van der Waals surface area contributed by atoms with Gasteiger partial charge in [-0.3, -0.25) is 4.79 Å². The van der Waals surface area contributed by atoms with E-state index in [1.807, 2.05) is 31.2 Å². The summed E-state index contributed by atoms with van der Waals surface area (Å²) in [6.07, 6.45) is 1.45. The molecule has 0 radical (unpaired) electrons. The molecule has 0 bridgehead atoms. The molecule has 0 fully saturated rings. The number of nitrogens with zero attached hydrogens (tertiary/aromatic N) is 2. The predicted molar refractivity (Wildman–Crippen MR) is 85.1 cm³/mol. The van der Waals surface area contributed by atoms with Gasteiger partial charge < -0.3 is 15.0 Å². The largest absolute Gasteiger partial charge is 0.478 e. The predicted octanol–water partition coefficient (Wildman–Crippen LogP) is 2.33. The van der Waals surface area contributed by atoms with E-state index in [1.54, 1.807) is 12.1 Å². The van der Waals surface area contributed by atoms with Crippen LogP contribution in [0, 0.1) is 0 Å². The fourth-order valence-corrected chi connectivity index (χ4v) is 2.27. The Morgan fingerprint density at radius 2 is 2.09 bits per heavy atom. The van der Waals surface area contributed by atoms with E-state index in [-0.39, 0.29) is 5.56 Å². The quantitative estimate of drug-likeness (QED) is 0.755. The van der Waals surface area contributed by atoms with Crippen molar-refractivity contribution >= 4 is 16.7 Å². The number of para-hydroxylation sites is 1. The number of rotatable bonds is 5. The Bertz CT molecular complexity index is 845. The lowest BCUT2D eigenvalue weighted by molar-refractivity contribution is 0.326. The Kier molecular flexibility index (Phi) is 4.00. The Hall–Kier alpha value is -2.89. The highest BCUT2D eigenvalue weighted by molar-refractivity contribution is 5.82. The second kappa shape index (κ2) is 6.26. The molecule has 3 aromatic rings. The molecule has 2 N–H and O–H groups in total. The van der Waals surface area contributed by atoms with Gasteiger partial charge in [-0.05, 0) is 18.6 Å². The van der Waals surface area contributed by atoms with Crippen molar-refractivity contribution in [2.24, 2.45) is 0 Å². The van der Waals surface area contributed by atoms with E-state index in [1.165, 1.54) is 6.33 Å². The van der Waals surface area contributed by atoms with Crippen molar-refractivity contribution in [3.8, 4) is 5.88 Å². The van der Waals surface area contributed by atoms with Gasteiger partial charge in [0.1, 0.15) is 12.1 Å². The fourth-order valence-electron chi connectivity index (χ4n) is 2.27. The first-order chi connectivity index (χ1) is 10.8. The van der Waals surface area contributed by atoms with Crippen molar-refractivity contribution in [2.75, 3.05) is 11.9 Å². The third-order valence-corrected chi connectivity index (χ3v) is 3.23. The number of aromatic nitrogens is 3. The minimum Gasteiger partial charge on any atom is -0.478 e. The van der Waals surface area contributed by atoms with Gasteiger partial charge in [0, 0.05) is 29.6 Å². The maximum atomic E-state index is 11.7. The molecule has 0 amide bonds. The van der Waals surface area contributed by atoms with Crippen LogP contribution >= 0.6 is 0 Å². The summed E-state index contributed by atoms with van der Waals surface area (Å²) in [6.45, 7) is 2.94. The molecular formula is C16H16N4O2. The fraction of sp³-hybridized carbons (Fsp3) is 0.188. The SMILES string of the molecule is CCOc1cc(NCc2cc(=O)[nH]c3ccccc23)ncn1. The third kappa shape index (κ3) is 3.06. The van der Waals surface area contributed by atoms with Gasteiger partial charge in [0.15, 0.2) is 0 Å². The molecule has 2 heterocycles. The van der Waals surface area contributed by atoms with Crippen LogP contribution in [-0.2, 0) is 6.54 Å². The van der Waals surface area contributed by atoms with Gasteiger partial charge in [-0.1, -0.05) is 18.2 Å². The van der Waals surface area contributed by atoms with Gasteiger partial charge >= 0.3 is 0 Å². The van der Waals surface area contributed by atoms with Crippen LogP contribution in [0.25, 0.3) is 10.9 Å². The number of benzene rings is 1. The van der Waals surface area contributed by atoms with Crippen LogP contribution < -0.4 is 15.6 Å². The van der Waals surface area contributed by atoms with Gasteiger partial charge in [-0.25, -0.2) is 9.97 Å². The van der Waals surface area contributed by atoms with Crippen LogP contribution in [0.3, 0.4) is 0 Å². The van der Waals surface area contributed by atoms with E-state index in [2.05, 4.69) is 20.3 Å². The van der Waals surface area contributed by atoms with E-state index in [9.17, 15) is 4.79 Å². The molecule has 0 aliphatic carbocycles. The van der Waals surface area contributed by atoms with E-state index in [0.29, 0.717) is 24.8 Å². The highest BCUT2D eigenvalue weighted by Gasteiger charge is 2.04. The first-order valence-electron chi connectivity index (χ1n) is 7.06. The average Bonchev–Trinajstić information content (AvgIpc) is 2.53. The lowest BCUT2D eigenvalue weighted by atomic mass is 10.1. The van der Waals surface area contributed by atoms with Gasteiger partial charge in [-0.2, -0.15) is 0 Å². The smallest absolute Gasteiger partial charge is 0.248 e. The summed E-state index contributed by atoms with van der Waals surface area (Å²) in [5.41, 5.74) is 1.62. The van der Waals surface area contributed by atoms with Crippen LogP contribution in [0.15, 0.2) is 47.5 Å². The third-order valence-electron chi connectivity index (χ3n) is 3.23. The monoisotopic (exact) mass is 296 g/mol. The van der Waals surface area contributed by atoms with Gasteiger partial charge in [-0.15, -0.1) is 0 Å². The average molecular weight is 296 g/mol. The minimum atomic E-state index is -0.117. The van der Waals surface area contributed by atoms with Crippen molar-refractivity contribution in [1.29, 1.82) is 0 Å². The number of ether oxygens (including phenoxy) is 1. The molecule has 0 saturated carbocycles. The molecule has 2 aromatic heterocycles. The van der Waals surface area contributed by atoms with Crippen LogP contribution in [0.5, 0.6) is 5.88 Å². The molecule has 6 heteroatoms. The second-order valence-corrected chi connectivity index (χ2v) is 4.73. The minimum absolute atomic E-state index is 0.117. The standard InChI is InChI=1S/C16H16N4O2/c1-2-22-16-8-14(18-10-19-16)17-9-11-7-15(21)20-13-6-4-3-5-12(11)13/h3-8,10H,2,9H2,1H3,(H,20,21)(H,17,18,19). The summed E-state index contributed by atoms with van der Waals surface area (Å²) in [7, 11) is 0. The normalized spacial score (nSPS) is 10.6. The van der Waals surface area contributed by atoms with Gasteiger partial charge in [0.25, 0.3) is 0 Å². The van der Waals surface area contributed by atoms with E-state index < -0.39 is 0 Å². The number of hydrogen-bond donors (Lipinski definition) is 2. The van der Waals surface area contributed by atoms with E-state index >= 15 is 0 Å². The number of aromatic amines is 1. The summed E-state index contributed by atoms with van der Waals surface area (Å²) in [5, 5.41) is 4.20. The molecular weight excluding hydrogens is 280 g/mol. The topological polar surface area (TPSA) is 79.9 Å². The summed E-state index contributed by atoms with van der Waals surface area (Å²) < 4.78 is 5.34. The van der Waals surface area contributed by atoms with Crippen LogP contribution in [0.1, 0.15) is 12.5 Å². The van der Waals surface area contributed by atoms with Crippen LogP contribution in [-0.4, -0.2) is 21.6 Å². The summed E-state index contributed by atoms with van der Waals surface area (Å²) in [5.74, 6) is 1.18. The molecule has 0 aliphatic rings. The zero-order valence-corrected chi connectivity index (χ0v) is 12.2. The number of nitrogens with one attached hydrogen (secondary N) is 2. The molecule has 0 atom stereocenters. The molecule has 3 rings (SSSR count). The summed E-state index contributed by atoms with van der Waals surface area (Å²) >= 11 is 0. The van der Waals surface area contributed by atoms with Crippen molar-refractivity contribution in [3.63, 3.8) is 0 Å². The first-order valence-corrected chi connectivity index (χ1v) is 7.06. The molecule has 6 nitrogen and oxygen atoms in total. The second-order valence-electron chi connectivity index (χ2n) is 4.73. The van der Waals surface area contributed by atoms with Crippen LogP contribution in [0.4, 0.5) is 5.82 Å². The highest BCUT2D eigenvalue weighted by Crippen LogP contribution is 2.17. The van der Waals surface area contributed by atoms with Crippen LogP contribution in [0.2, 0.25) is 0 Å². The zero-order valence-electron chi connectivity index (χ0n) is 12.2. The summed E-state index contributed by atoms with van der Waals surface area (Å²) in [6, 6.07) is 11.0. The number of anilines is 1. The van der Waals surface area contributed by atoms with Crippen molar-refractivity contribution in [3.05, 3.63) is 58.6 Å². The highest BCUT2D eigenvalue weighted by atomic mass is 16.5. The zero-order chi connectivity index (χ0) is 15.4. The molecule has 0 aliphatic heterocycles. The Labute approximate surface area is 127 Å².